The second-order valence-corrected chi connectivity index (χ2v) is 7.22. The van der Waals surface area contributed by atoms with E-state index in [4.69, 9.17) is 21.3 Å². The third-order valence-electron chi connectivity index (χ3n) is 3.93. The Kier molecular flexibility index (Phi) is 4.30. The lowest BCUT2D eigenvalue weighted by Crippen LogP contribution is -2.12. The van der Waals surface area contributed by atoms with Crippen LogP contribution in [-0.2, 0) is 16.6 Å². The van der Waals surface area contributed by atoms with E-state index in [0.29, 0.717) is 23.3 Å². The molecule has 6 N–H and O–H groups in total. The number of sulfonamides is 1. The van der Waals surface area contributed by atoms with Gasteiger partial charge in [-0.15, -0.1) is 0 Å². The fraction of sp³-hybridized carbons (Fsp3) is 0.125. The summed E-state index contributed by atoms with van der Waals surface area (Å²) in [5.74, 6) is 0.0222. The second kappa shape index (κ2) is 6.32. The molecule has 26 heavy (non-hydrogen) atoms. The zero-order chi connectivity index (χ0) is 19.1. The number of hydrogen-bond acceptors (Lipinski definition) is 6. The van der Waals surface area contributed by atoms with Gasteiger partial charge in [0.05, 0.1) is 24.1 Å². The topological polar surface area (TPSA) is 156 Å². The molecule has 1 heterocycles. The van der Waals surface area contributed by atoms with Crippen LogP contribution in [0, 0.1) is 0 Å². The number of imidazole rings is 1. The van der Waals surface area contributed by atoms with Crippen molar-refractivity contribution in [2.24, 2.45) is 10.9 Å². The van der Waals surface area contributed by atoms with Crippen molar-refractivity contribution in [1.29, 1.82) is 0 Å². The molecule has 0 aliphatic rings. The molecule has 1 amide bonds. The van der Waals surface area contributed by atoms with Crippen LogP contribution < -0.4 is 21.3 Å². The number of benzene rings is 2. The number of primary amides is 1. The molecule has 3 aromatic rings. The maximum absolute atomic E-state index is 11.4. The highest BCUT2D eigenvalue weighted by Crippen LogP contribution is 2.30. The van der Waals surface area contributed by atoms with E-state index in [9.17, 15) is 13.2 Å². The summed E-state index contributed by atoms with van der Waals surface area (Å²) in [5, 5.41) is 5.10. The highest BCUT2D eigenvalue weighted by atomic mass is 32.2. The molecular weight excluding hydrogens is 358 g/mol. The van der Waals surface area contributed by atoms with Gasteiger partial charge in [0.1, 0.15) is 11.3 Å². The number of rotatable bonds is 5. The number of anilines is 1. The number of nitrogen functional groups attached to an aromatic ring is 1. The van der Waals surface area contributed by atoms with Crippen LogP contribution in [0.1, 0.15) is 15.9 Å². The summed E-state index contributed by atoms with van der Waals surface area (Å²) in [6.45, 7) is 0.319. The van der Waals surface area contributed by atoms with E-state index in [2.05, 4.69) is 4.98 Å². The van der Waals surface area contributed by atoms with Gasteiger partial charge in [0.2, 0.25) is 21.9 Å². The highest BCUT2D eigenvalue weighted by molar-refractivity contribution is 7.89. The number of methoxy groups -OCH3 is 1. The third kappa shape index (κ3) is 3.19. The SMILES string of the molecule is COc1cc(C(N)=O)cc2nc(N)n(Cc3ccc(S(N)(=O)=O)cc3)c12. The third-order valence-corrected chi connectivity index (χ3v) is 4.86. The Morgan fingerprint density at radius 1 is 1.23 bits per heavy atom. The van der Waals surface area contributed by atoms with Crippen molar-refractivity contribution < 1.29 is 17.9 Å². The second-order valence-electron chi connectivity index (χ2n) is 5.66. The zero-order valence-electron chi connectivity index (χ0n) is 13.8. The summed E-state index contributed by atoms with van der Waals surface area (Å²) in [7, 11) is -2.29. The van der Waals surface area contributed by atoms with Crippen molar-refractivity contribution in [2.45, 2.75) is 11.4 Å². The molecule has 0 bridgehead atoms. The lowest BCUT2D eigenvalue weighted by molar-refractivity contribution is 0.1000. The maximum atomic E-state index is 11.4. The number of nitrogens with two attached hydrogens (primary N) is 3. The van der Waals surface area contributed by atoms with Crippen molar-refractivity contribution in [3.63, 3.8) is 0 Å². The van der Waals surface area contributed by atoms with Gasteiger partial charge in [-0.3, -0.25) is 4.79 Å². The van der Waals surface area contributed by atoms with Gasteiger partial charge in [0, 0.05) is 5.56 Å². The minimum atomic E-state index is -3.76. The predicted octanol–water partition coefficient (Wildman–Crippen LogP) is 0.422. The molecular formula is C16H17N5O4S. The minimum absolute atomic E-state index is 0.0217. The largest absolute Gasteiger partial charge is 0.494 e. The van der Waals surface area contributed by atoms with Crippen LogP contribution in [0.25, 0.3) is 11.0 Å². The normalized spacial score (nSPS) is 11.6. The van der Waals surface area contributed by atoms with Gasteiger partial charge in [-0.1, -0.05) is 12.1 Å². The Morgan fingerprint density at radius 2 is 1.88 bits per heavy atom. The maximum Gasteiger partial charge on any atom is 0.248 e. The van der Waals surface area contributed by atoms with Crippen molar-refractivity contribution >= 4 is 32.9 Å². The Bertz CT molecular complexity index is 1100. The highest BCUT2D eigenvalue weighted by Gasteiger charge is 2.17. The van der Waals surface area contributed by atoms with E-state index in [1.807, 2.05) is 0 Å². The quantitative estimate of drug-likeness (QED) is 0.586. The predicted molar refractivity (Wildman–Crippen MR) is 96.1 cm³/mol. The molecule has 0 saturated heterocycles. The van der Waals surface area contributed by atoms with Gasteiger partial charge >= 0.3 is 0 Å². The first-order chi connectivity index (χ1) is 12.2. The van der Waals surface area contributed by atoms with Crippen LogP contribution in [0.5, 0.6) is 5.75 Å². The van der Waals surface area contributed by atoms with Gasteiger partial charge in [0.25, 0.3) is 0 Å². The first-order valence-corrected chi connectivity index (χ1v) is 9.00. The van der Waals surface area contributed by atoms with Crippen LogP contribution in [0.3, 0.4) is 0 Å². The van der Waals surface area contributed by atoms with Crippen LogP contribution in [0.15, 0.2) is 41.3 Å². The summed E-state index contributed by atoms with van der Waals surface area (Å²) in [4.78, 5) is 15.7. The molecule has 0 radical (unpaired) electrons. The van der Waals surface area contributed by atoms with E-state index in [0.717, 1.165) is 5.56 Å². The number of ether oxygens (including phenoxy) is 1. The number of carbonyl (C=O) groups excluding carboxylic acids is 1. The number of carbonyl (C=O) groups is 1. The summed E-state index contributed by atoms with van der Waals surface area (Å²) in [6.07, 6.45) is 0. The van der Waals surface area contributed by atoms with Gasteiger partial charge < -0.3 is 20.8 Å². The van der Waals surface area contributed by atoms with Gasteiger partial charge in [-0.05, 0) is 29.8 Å². The molecule has 0 spiro atoms. The number of amides is 1. The number of hydrogen-bond donors (Lipinski definition) is 3. The molecule has 0 saturated carbocycles. The van der Waals surface area contributed by atoms with E-state index in [-0.39, 0.29) is 16.4 Å². The fourth-order valence-electron chi connectivity index (χ4n) is 2.67. The lowest BCUT2D eigenvalue weighted by atomic mass is 10.1. The van der Waals surface area contributed by atoms with Crippen LogP contribution in [0.4, 0.5) is 5.95 Å². The molecule has 2 aromatic carbocycles. The zero-order valence-corrected chi connectivity index (χ0v) is 14.7. The van der Waals surface area contributed by atoms with Crippen molar-refractivity contribution in [3.8, 4) is 5.75 Å². The molecule has 136 valence electrons. The average molecular weight is 375 g/mol. The standard InChI is InChI=1S/C16H17N5O4S/c1-25-13-7-10(15(17)22)6-12-14(13)21(16(18)20-12)8-9-2-4-11(5-3-9)26(19,23)24/h2-7H,8H2,1H3,(H2,17,22)(H2,18,20)(H2,19,23,24). The van der Waals surface area contributed by atoms with E-state index >= 15 is 0 Å². The van der Waals surface area contributed by atoms with Crippen LogP contribution in [-0.4, -0.2) is 31.0 Å². The average Bonchev–Trinajstić information content (AvgIpc) is 2.89. The van der Waals surface area contributed by atoms with E-state index in [1.165, 1.54) is 31.4 Å². The van der Waals surface area contributed by atoms with E-state index < -0.39 is 15.9 Å². The molecule has 3 rings (SSSR count). The lowest BCUT2D eigenvalue weighted by Gasteiger charge is -2.10. The summed E-state index contributed by atoms with van der Waals surface area (Å²) >= 11 is 0. The monoisotopic (exact) mass is 375 g/mol. The Morgan fingerprint density at radius 3 is 2.42 bits per heavy atom. The molecule has 0 unspecified atom stereocenters. The minimum Gasteiger partial charge on any atom is -0.494 e. The first-order valence-electron chi connectivity index (χ1n) is 7.46. The van der Waals surface area contributed by atoms with Crippen molar-refractivity contribution in [1.82, 2.24) is 9.55 Å². The van der Waals surface area contributed by atoms with Crippen molar-refractivity contribution in [3.05, 3.63) is 47.5 Å². The summed E-state index contributed by atoms with van der Waals surface area (Å²) < 4.78 is 29.8. The molecule has 1 aromatic heterocycles. The summed E-state index contributed by atoms with van der Waals surface area (Å²) in [5.41, 5.74) is 13.5. The first kappa shape index (κ1) is 17.7. The molecule has 10 heteroatoms. The molecule has 0 aliphatic carbocycles. The van der Waals surface area contributed by atoms with Crippen LogP contribution in [0.2, 0.25) is 0 Å². The number of fused-ring (bicyclic) bond motifs is 1. The number of aromatic nitrogens is 2. The van der Waals surface area contributed by atoms with Gasteiger partial charge in [0.15, 0.2) is 0 Å². The fourth-order valence-corrected chi connectivity index (χ4v) is 3.19. The van der Waals surface area contributed by atoms with Crippen LogP contribution >= 0.6 is 0 Å². The molecule has 0 atom stereocenters. The Hall–Kier alpha value is -3.11. The molecule has 9 nitrogen and oxygen atoms in total. The number of nitrogens with zero attached hydrogens (tertiary/aromatic N) is 2. The van der Waals surface area contributed by atoms with Gasteiger partial charge in [-0.2, -0.15) is 0 Å². The molecule has 0 fully saturated rings. The Balaban J connectivity index is 2.08. The number of primary sulfonamides is 1. The van der Waals surface area contributed by atoms with Gasteiger partial charge in [-0.25, -0.2) is 18.5 Å². The smallest absolute Gasteiger partial charge is 0.248 e. The van der Waals surface area contributed by atoms with E-state index in [1.54, 1.807) is 16.7 Å². The molecule has 0 aliphatic heterocycles. The Labute approximate surface area is 149 Å². The van der Waals surface area contributed by atoms with Crippen molar-refractivity contribution in [2.75, 3.05) is 12.8 Å². The summed E-state index contributed by atoms with van der Waals surface area (Å²) in [6, 6.07) is 9.17.